The monoisotopic (exact) mass is 271 g/mol. The Morgan fingerprint density at radius 2 is 2.00 bits per heavy atom. The summed E-state index contributed by atoms with van der Waals surface area (Å²) in [4.78, 5) is 15.1. The lowest BCUT2D eigenvalue weighted by Crippen LogP contribution is -2.24. The summed E-state index contributed by atoms with van der Waals surface area (Å²) in [6.07, 6.45) is 9.62. The van der Waals surface area contributed by atoms with Gasteiger partial charge in [-0.05, 0) is 12.5 Å². The Bertz CT molecular complexity index is 271. The van der Waals surface area contributed by atoms with Crippen molar-refractivity contribution in [2.75, 3.05) is 6.54 Å². The summed E-state index contributed by atoms with van der Waals surface area (Å²) < 4.78 is 0. The lowest BCUT2D eigenvalue weighted by Gasteiger charge is -2.17. The van der Waals surface area contributed by atoms with E-state index in [0.717, 1.165) is 18.7 Å². The zero-order valence-electron chi connectivity index (χ0n) is 9.21. The number of unbranched alkanes of at least 4 members (excludes halogenated alkanes) is 4. The fourth-order valence-electron chi connectivity index (χ4n) is 1.67. The molecule has 0 bridgehead atoms. The molecule has 15 heavy (non-hydrogen) atoms. The summed E-state index contributed by atoms with van der Waals surface area (Å²) in [5.41, 5.74) is 0.968. The molecule has 0 unspecified atom stereocenters. The highest BCUT2D eigenvalue weighted by Crippen LogP contribution is 2.17. The van der Waals surface area contributed by atoms with Gasteiger partial charge in [-0.15, -0.1) is 0 Å². The topological polar surface area (TPSA) is 20.3 Å². The molecule has 0 spiro atoms. The lowest BCUT2D eigenvalue weighted by atomic mass is 10.1. The molecule has 1 amide bonds. The smallest absolute Gasteiger partial charge is 0.251 e. The third kappa shape index (κ3) is 3.82. The van der Waals surface area contributed by atoms with Gasteiger partial charge in [0, 0.05) is 17.6 Å². The SMILES string of the molecule is CCCCCCCN1C(=O)C=CC1=CBr. The highest BCUT2D eigenvalue weighted by atomic mass is 79.9. The molecule has 0 N–H and O–H groups in total. The molecule has 3 heteroatoms. The largest absolute Gasteiger partial charge is 0.308 e. The van der Waals surface area contributed by atoms with Crippen LogP contribution in [0.4, 0.5) is 0 Å². The standard InChI is InChI=1S/C12H18BrNO/c1-2-3-4-5-6-9-14-11(10-13)7-8-12(14)15/h7-8,10H,2-6,9H2,1H3. The molecule has 0 saturated carbocycles. The van der Waals surface area contributed by atoms with Crippen molar-refractivity contribution in [3.05, 3.63) is 22.8 Å². The number of nitrogens with zero attached hydrogens (tertiary/aromatic N) is 1. The number of halogens is 1. The fraction of sp³-hybridized carbons (Fsp3) is 0.583. The van der Waals surface area contributed by atoms with E-state index in [2.05, 4.69) is 22.9 Å². The Labute approximate surface area is 100 Å². The van der Waals surface area contributed by atoms with Crippen molar-refractivity contribution in [3.8, 4) is 0 Å². The molecular formula is C12H18BrNO. The van der Waals surface area contributed by atoms with E-state index in [1.54, 1.807) is 11.1 Å². The minimum atomic E-state index is 0.108. The van der Waals surface area contributed by atoms with Crippen LogP contribution < -0.4 is 0 Å². The zero-order chi connectivity index (χ0) is 11.1. The molecular weight excluding hydrogens is 254 g/mol. The van der Waals surface area contributed by atoms with Crippen LogP contribution in [0.3, 0.4) is 0 Å². The molecule has 1 rings (SSSR count). The van der Waals surface area contributed by atoms with Gasteiger partial charge in [-0.1, -0.05) is 48.5 Å². The first kappa shape index (κ1) is 12.5. The molecule has 2 nitrogen and oxygen atoms in total. The average Bonchev–Trinajstić information content (AvgIpc) is 2.60. The van der Waals surface area contributed by atoms with Gasteiger partial charge in [-0.2, -0.15) is 0 Å². The van der Waals surface area contributed by atoms with E-state index < -0.39 is 0 Å². The van der Waals surface area contributed by atoms with E-state index in [1.807, 2.05) is 11.0 Å². The molecule has 0 aromatic carbocycles. The van der Waals surface area contributed by atoms with Gasteiger partial charge in [-0.3, -0.25) is 4.79 Å². The van der Waals surface area contributed by atoms with E-state index >= 15 is 0 Å². The number of rotatable bonds is 6. The number of hydrogen-bond donors (Lipinski definition) is 0. The second-order valence-electron chi connectivity index (χ2n) is 3.77. The molecule has 1 aliphatic rings. The first-order valence-electron chi connectivity index (χ1n) is 5.59. The Morgan fingerprint density at radius 3 is 2.67 bits per heavy atom. The number of carbonyl (C=O) groups is 1. The molecule has 1 aliphatic heterocycles. The van der Waals surface area contributed by atoms with Crippen LogP contribution in [0.1, 0.15) is 39.0 Å². The second-order valence-corrected chi connectivity index (χ2v) is 4.23. The Morgan fingerprint density at radius 1 is 1.27 bits per heavy atom. The maximum absolute atomic E-state index is 11.4. The van der Waals surface area contributed by atoms with Crippen molar-refractivity contribution >= 4 is 21.8 Å². The van der Waals surface area contributed by atoms with Crippen molar-refractivity contribution in [2.24, 2.45) is 0 Å². The molecule has 84 valence electrons. The van der Waals surface area contributed by atoms with Crippen molar-refractivity contribution in [2.45, 2.75) is 39.0 Å². The van der Waals surface area contributed by atoms with Crippen molar-refractivity contribution < 1.29 is 4.79 Å². The van der Waals surface area contributed by atoms with Crippen LogP contribution in [0.15, 0.2) is 22.8 Å². The molecule has 1 heterocycles. The molecule has 0 radical (unpaired) electrons. The number of amides is 1. The van der Waals surface area contributed by atoms with Gasteiger partial charge >= 0.3 is 0 Å². The average molecular weight is 272 g/mol. The molecule has 0 aromatic rings. The second kappa shape index (κ2) is 6.83. The maximum atomic E-state index is 11.4. The Hall–Kier alpha value is -0.570. The van der Waals surface area contributed by atoms with Gasteiger partial charge in [0.1, 0.15) is 0 Å². The van der Waals surface area contributed by atoms with E-state index in [1.165, 1.54) is 25.7 Å². The van der Waals surface area contributed by atoms with Gasteiger partial charge in [0.05, 0.1) is 5.70 Å². The molecule has 0 atom stereocenters. The van der Waals surface area contributed by atoms with Gasteiger partial charge in [0.25, 0.3) is 5.91 Å². The Kier molecular flexibility index (Phi) is 5.69. The summed E-state index contributed by atoms with van der Waals surface area (Å²) in [5, 5.41) is 0. The number of allylic oxidation sites excluding steroid dienone is 1. The predicted octanol–water partition coefficient (Wildman–Crippen LogP) is 3.59. The first-order valence-corrected chi connectivity index (χ1v) is 6.51. The number of carbonyl (C=O) groups excluding carboxylic acids is 1. The van der Waals surface area contributed by atoms with E-state index in [9.17, 15) is 4.79 Å². The summed E-state index contributed by atoms with van der Waals surface area (Å²) in [6, 6.07) is 0. The maximum Gasteiger partial charge on any atom is 0.251 e. The van der Waals surface area contributed by atoms with Crippen LogP contribution in [-0.2, 0) is 4.79 Å². The third-order valence-corrected chi connectivity index (χ3v) is 3.04. The lowest BCUT2D eigenvalue weighted by molar-refractivity contribution is -0.123. The van der Waals surface area contributed by atoms with Crippen LogP contribution in [0, 0.1) is 0 Å². The molecule has 0 saturated heterocycles. The molecule has 0 aliphatic carbocycles. The van der Waals surface area contributed by atoms with Gasteiger partial charge in [-0.25, -0.2) is 0 Å². The van der Waals surface area contributed by atoms with Crippen molar-refractivity contribution in [1.29, 1.82) is 0 Å². The summed E-state index contributed by atoms with van der Waals surface area (Å²) >= 11 is 3.27. The van der Waals surface area contributed by atoms with Crippen LogP contribution >= 0.6 is 15.9 Å². The minimum absolute atomic E-state index is 0.108. The molecule has 0 fully saturated rings. The van der Waals surface area contributed by atoms with Crippen LogP contribution in [0.25, 0.3) is 0 Å². The quantitative estimate of drug-likeness (QED) is 0.677. The van der Waals surface area contributed by atoms with E-state index in [-0.39, 0.29) is 5.91 Å². The van der Waals surface area contributed by atoms with Crippen molar-refractivity contribution in [3.63, 3.8) is 0 Å². The summed E-state index contributed by atoms with van der Waals surface area (Å²) in [5.74, 6) is 0.108. The van der Waals surface area contributed by atoms with Crippen LogP contribution in [-0.4, -0.2) is 17.4 Å². The first-order chi connectivity index (χ1) is 7.29. The normalized spacial score (nSPS) is 18.1. The zero-order valence-corrected chi connectivity index (χ0v) is 10.8. The third-order valence-electron chi connectivity index (χ3n) is 2.57. The number of hydrogen-bond acceptors (Lipinski definition) is 1. The van der Waals surface area contributed by atoms with Crippen LogP contribution in [0.2, 0.25) is 0 Å². The fourth-order valence-corrected chi connectivity index (χ4v) is 2.07. The van der Waals surface area contributed by atoms with E-state index in [0.29, 0.717) is 0 Å². The van der Waals surface area contributed by atoms with Crippen LogP contribution in [0.5, 0.6) is 0 Å². The van der Waals surface area contributed by atoms with Gasteiger partial charge < -0.3 is 4.90 Å². The summed E-state index contributed by atoms with van der Waals surface area (Å²) in [6.45, 7) is 3.05. The highest BCUT2D eigenvalue weighted by molar-refractivity contribution is 9.11. The predicted molar refractivity (Wildman–Crippen MR) is 66.6 cm³/mol. The van der Waals surface area contributed by atoms with Gasteiger partial charge in [0.15, 0.2) is 0 Å². The van der Waals surface area contributed by atoms with Crippen molar-refractivity contribution in [1.82, 2.24) is 4.90 Å². The summed E-state index contributed by atoms with van der Waals surface area (Å²) in [7, 11) is 0. The highest BCUT2D eigenvalue weighted by Gasteiger charge is 2.18. The van der Waals surface area contributed by atoms with E-state index in [4.69, 9.17) is 0 Å². The Balaban J connectivity index is 2.23. The molecule has 0 aromatic heterocycles. The minimum Gasteiger partial charge on any atom is -0.308 e. The van der Waals surface area contributed by atoms with Gasteiger partial charge in [0.2, 0.25) is 0 Å².